The zero-order chi connectivity index (χ0) is 49.4. The van der Waals surface area contributed by atoms with Crippen LogP contribution in [0.1, 0.15) is 0 Å². The van der Waals surface area contributed by atoms with Crippen LogP contribution in [0.5, 0.6) is 0 Å². The van der Waals surface area contributed by atoms with E-state index in [0.717, 1.165) is 128 Å². The Kier molecular flexibility index (Phi) is 9.75. The number of benzene rings is 11. The van der Waals surface area contributed by atoms with Gasteiger partial charge in [0.2, 0.25) is 0 Å². The molecule has 15 rings (SSSR count). The molecule has 4 aromatic heterocycles. The number of hydrogen-bond donors (Lipinski definition) is 0. The number of nitrogens with zero attached hydrogens (tertiary/aromatic N) is 7. The van der Waals surface area contributed by atoms with Crippen LogP contribution in [-0.2, 0) is 0 Å². The van der Waals surface area contributed by atoms with E-state index in [1.165, 1.54) is 0 Å². The van der Waals surface area contributed by atoms with Gasteiger partial charge in [-0.1, -0.05) is 146 Å². The molecule has 75 heavy (non-hydrogen) atoms. The number of para-hydroxylation sites is 8. The van der Waals surface area contributed by atoms with Crippen molar-refractivity contribution in [3.8, 4) is 17.1 Å². The van der Waals surface area contributed by atoms with Crippen molar-refractivity contribution in [2.75, 3.05) is 9.80 Å². The van der Waals surface area contributed by atoms with Crippen molar-refractivity contribution in [3.63, 3.8) is 0 Å². The van der Waals surface area contributed by atoms with Gasteiger partial charge in [0.1, 0.15) is 16.6 Å². The normalized spacial score (nSPS) is 11.7. The fraction of sp³-hybridized carbons (Fsp3) is 0. The van der Waals surface area contributed by atoms with Gasteiger partial charge in [-0.15, -0.1) is 0 Å². The highest BCUT2D eigenvalue weighted by molar-refractivity contribution is 6.15. The van der Waals surface area contributed by atoms with Crippen LogP contribution in [0, 0.1) is 0 Å². The highest BCUT2D eigenvalue weighted by Gasteiger charge is 2.25. The average molecular weight is 960 g/mol. The molecule has 15 aromatic rings. The molecule has 0 spiro atoms. The first-order chi connectivity index (χ1) is 37.2. The molecule has 4 heterocycles. The Hall–Kier alpha value is -10.2. The summed E-state index contributed by atoms with van der Waals surface area (Å²) in [5.74, 6) is 0. The van der Waals surface area contributed by atoms with Gasteiger partial charge in [-0.2, -0.15) is 0 Å². The van der Waals surface area contributed by atoms with E-state index in [0.29, 0.717) is 0 Å². The fourth-order valence-corrected chi connectivity index (χ4v) is 11.5. The van der Waals surface area contributed by atoms with Crippen molar-refractivity contribution < 1.29 is 0 Å². The molecule has 352 valence electrons. The van der Waals surface area contributed by atoms with Crippen molar-refractivity contribution >= 4 is 111 Å². The summed E-state index contributed by atoms with van der Waals surface area (Å²) >= 11 is 0. The lowest BCUT2D eigenvalue weighted by Gasteiger charge is -2.25. The first kappa shape index (κ1) is 42.4. The van der Waals surface area contributed by atoms with Crippen molar-refractivity contribution in [1.82, 2.24) is 23.7 Å². The van der Waals surface area contributed by atoms with Crippen LogP contribution in [0.3, 0.4) is 0 Å². The maximum Gasteiger partial charge on any atom is 0.165 e. The lowest BCUT2D eigenvalue weighted by Crippen LogP contribution is -2.09. The number of anilines is 6. The molecule has 0 N–H and O–H groups in total. The molecule has 0 amide bonds. The van der Waals surface area contributed by atoms with E-state index in [4.69, 9.17) is 9.97 Å². The highest BCUT2D eigenvalue weighted by atomic mass is 15.2. The molecule has 0 radical (unpaired) electrons. The molecule has 0 saturated carbocycles. The average Bonchev–Trinajstić information content (AvgIpc) is 4.14. The van der Waals surface area contributed by atoms with Crippen molar-refractivity contribution in [2.24, 2.45) is 0 Å². The second-order valence-corrected chi connectivity index (χ2v) is 19.0. The second kappa shape index (κ2) is 17.2. The summed E-state index contributed by atoms with van der Waals surface area (Å²) < 4.78 is 7.05. The molecule has 11 aromatic carbocycles. The Labute approximate surface area is 432 Å². The summed E-state index contributed by atoms with van der Waals surface area (Å²) in [4.78, 5) is 16.4. The van der Waals surface area contributed by atoms with Crippen LogP contribution in [0.2, 0.25) is 0 Å². The molecule has 7 nitrogen and oxygen atoms in total. The smallest absolute Gasteiger partial charge is 0.165 e. The maximum absolute atomic E-state index is 5.87. The summed E-state index contributed by atoms with van der Waals surface area (Å²) in [5, 5.41) is 5.63. The van der Waals surface area contributed by atoms with Gasteiger partial charge >= 0.3 is 0 Å². The van der Waals surface area contributed by atoms with E-state index < -0.39 is 0 Å². The Morgan fingerprint density at radius 3 is 1.03 bits per heavy atom. The molecule has 0 unspecified atom stereocenters. The molecule has 0 atom stereocenters. The summed E-state index contributed by atoms with van der Waals surface area (Å²) in [5.41, 5.74) is 18.0. The molecule has 0 aliphatic rings. The third-order valence-electron chi connectivity index (χ3n) is 14.8. The molecule has 0 bridgehead atoms. The minimum atomic E-state index is 0.795. The van der Waals surface area contributed by atoms with Crippen LogP contribution >= 0.6 is 0 Å². The molecule has 0 fully saturated rings. The molecule has 0 aliphatic carbocycles. The van der Waals surface area contributed by atoms with E-state index in [-0.39, 0.29) is 0 Å². The molecule has 0 saturated heterocycles. The highest BCUT2D eigenvalue weighted by Crippen LogP contribution is 2.44. The van der Waals surface area contributed by atoms with Crippen molar-refractivity contribution in [2.45, 2.75) is 0 Å². The third-order valence-corrected chi connectivity index (χ3v) is 14.8. The second-order valence-electron chi connectivity index (χ2n) is 19.0. The quantitative estimate of drug-likeness (QED) is 0.145. The van der Waals surface area contributed by atoms with Crippen LogP contribution in [0.25, 0.3) is 93.8 Å². The summed E-state index contributed by atoms with van der Waals surface area (Å²) in [6.45, 7) is 0. The van der Waals surface area contributed by atoms with Gasteiger partial charge < -0.3 is 18.9 Å². The largest absolute Gasteiger partial charge is 0.310 e. The van der Waals surface area contributed by atoms with Gasteiger partial charge in [0, 0.05) is 66.7 Å². The zero-order valence-electron chi connectivity index (χ0n) is 40.6. The Bertz CT molecular complexity index is 4560. The first-order valence-electron chi connectivity index (χ1n) is 25.4. The third kappa shape index (κ3) is 6.75. The van der Waals surface area contributed by atoms with Crippen molar-refractivity contribution in [1.29, 1.82) is 0 Å². The molecular formula is C68H45N7. The Morgan fingerprint density at radius 2 is 0.587 bits per heavy atom. The van der Waals surface area contributed by atoms with Crippen molar-refractivity contribution in [3.05, 3.63) is 273 Å². The topological polar surface area (TPSA) is 47.1 Å². The summed E-state index contributed by atoms with van der Waals surface area (Å²) in [7, 11) is 0. The Balaban J connectivity index is 1.01. The summed E-state index contributed by atoms with van der Waals surface area (Å²) in [6.07, 6.45) is 0. The predicted molar refractivity (Wildman–Crippen MR) is 312 cm³/mol. The van der Waals surface area contributed by atoms with Crippen LogP contribution in [-0.4, -0.2) is 23.7 Å². The summed E-state index contributed by atoms with van der Waals surface area (Å²) in [6, 6.07) is 97.2. The SMILES string of the molecule is c1ccc(N(c2ccccc2)c2ccc3c(c2)c2ccccc2n3-c2ccc(-n3c4ccccc4c4cc(N(c5ccccc5)c5ccccc5)ccc43)c3nc4c(nc23)c2ccccc2n4-c2ccccc2)cc1. The number of rotatable bonds is 9. The number of fused-ring (bicyclic) bond motifs is 10. The first-order valence-corrected chi connectivity index (χ1v) is 25.4. The molecule has 0 aliphatic heterocycles. The zero-order valence-corrected chi connectivity index (χ0v) is 40.6. The monoisotopic (exact) mass is 959 g/mol. The fourth-order valence-electron chi connectivity index (χ4n) is 11.5. The van der Waals surface area contributed by atoms with E-state index in [1.807, 2.05) is 0 Å². The number of aromatic nitrogens is 5. The lowest BCUT2D eigenvalue weighted by molar-refractivity contribution is 1.12. The minimum absolute atomic E-state index is 0.795. The van der Waals surface area contributed by atoms with Gasteiger partial charge in [0.15, 0.2) is 5.65 Å². The lowest BCUT2D eigenvalue weighted by atomic mass is 10.1. The standard InChI is InChI=1S/C68H45N7/c1-6-22-46(23-7-1)71(47-24-8-2-9-25-47)51-38-40-61-56(44-51)53-32-16-19-35-58(53)74(61)63-42-43-64(67-66(63)69-65-55-34-18-21-37-60(55)73(68(65)70-67)50-30-14-5-15-31-50)75-59-36-20-17-33-54(59)57-45-52(39-41-62(57)75)72(48-26-10-3-11-27-48)49-28-12-4-13-29-49/h1-45H. The predicted octanol–water partition coefficient (Wildman–Crippen LogP) is 17.9. The molecular weight excluding hydrogens is 915 g/mol. The molecule has 7 heteroatoms. The van der Waals surface area contributed by atoms with E-state index >= 15 is 0 Å². The van der Waals surface area contributed by atoms with Gasteiger partial charge in [-0.3, -0.25) is 4.57 Å². The van der Waals surface area contributed by atoms with Crippen LogP contribution < -0.4 is 9.80 Å². The van der Waals surface area contributed by atoms with Gasteiger partial charge in [-0.05, 0) is 127 Å². The van der Waals surface area contributed by atoms with Gasteiger partial charge in [0.05, 0.1) is 39.0 Å². The van der Waals surface area contributed by atoms with Gasteiger partial charge in [0.25, 0.3) is 0 Å². The van der Waals surface area contributed by atoms with Crippen LogP contribution in [0.15, 0.2) is 273 Å². The number of hydrogen-bond acceptors (Lipinski definition) is 4. The van der Waals surface area contributed by atoms with E-state index in [9.17, 15) is 0 Å². The van der Waals surface area contributed by atoms with Crippen LogP contribution in [0.4, 0.5) is 34.1 Å². The minimum Gasteiger partial charge on any atom is -0.310 e. The van der Waals surface area contributed by atoms with Gasteiger partial charge in [-0.25, -0.2) is 9.97 Å². The maximum atomic E-state index is 5.87. The van der Waals surface area contributed by atoms with E-state index in [2.05, 4.69) is 296 Å². The van der Waals surface area contributed by atoms with E-state index in [1.54, 1.807) is 0 Å². The Morgan fingerprint density at radius 1 is 0.240 bits per heavy atom.